The summed E-state index contributed by atoms with van der Waals surface area (Å²) in [5.41, 5.74) is 3.71. The molecule has 1 fully saturated rings. The summed E-state index contributed by atoms with van der Waals surface area (Å²) in [5.74, 6) is -1.42. The molecule has 0 heterocycles. The normalized spacial score (nSPS) is 21.9. The van der Waals surface area contributed by atoms with E-state index in [9.17, 15) is 19.5 Å². The van der Waals surface area contributed by atoms with Crippen LogP contribution in [-0.4, -0.2) is 41.8 Å². The topological polar surface area (TPSA) is 105 Å². The molecular formula is C27H32N2O5. The maximum Gasteiger partial charge on any atom is 0.407 e. The van der Waals surface area contributed by atoms with Gasteiger partial charge in [0.2, 0.25) is 5.91 Å². The Bertz CT molecular complexity index is 1040. The lowest BCUT2D eigenvalue weighted by atomic mass is 9.83. The van der Waals surface area contributed by atoms with E-state index >= 15 is 0 Å². The predicted octanol–water partition coefficient (Wildman–Crippen LogP) is 4.45. The lowest BCUT2D eigenvalue weighted by Gasteiger charge is -2.32. The maximum atomic E-state index is 13.0. The zero-order chi connectivity index (χ0) is 24.3. The second-order valence-electron chi connectivity index (χ2n) is 9.49. The zero-order valence-corrected chi connectivity index (χ0v) is 19.7. The fraction of sp³-hybridized carbons (Fsp3) is 0.444. The maximum absolute atomic E-state index is 13.0. The molecule has 0 radical (unpaired) electrons. The highest BCUT2D eigenvalue weighted by Crippen LogP contribution is 2.44. The number of alkyl carbamates (subject to hydrolysis) is 1. The monoisotopic (exact) mass is 464 g/mol. The third-order valence-electron chi connectivity index (χ3n) is 7.29. The number of hydrogen-bond donors (Lipinski definition) is 3. The van der Waals surface area contributed by atoms with E-state index in [4.69, 9.17) is 4.74 Å². The van der Waals surface area contributed by atoms with Crippen LogP contribution >= 0.6 is 0 Å². The minimum Gasteiger partial charge on any atom is -0.480 e. The van der Waals surface area contributed by atoms with E-state index in [1.54, 1.807) is 6.92 Å². The molecule has 0 bridgehead atoms. The molecule has 0 aliphatic heterocycles. The molecule has 2 unspecified atom stereocenters. The molecule has 2 aliphatic carbocycles. The van der Waals surface area contributed by atoms with Crippen LogP contribution in [0.15, 0.2) is 48.5 Å². The fourth-order valence-corrected chi connectivity index (χ4v) is 5.32. The first-order valence-corrected chi connectivity index (χ1v) is 12.0. The standard InChI is InChI=1S/C27H32N2O5/c1-3-9-22(24(30)31)28-25(32)27(2)15-8-14-23(27)29-26(33)34-16-21-19-12-6-4-10-17(19)18-11-5-7-13-20(18)21/h4-7,10-13,21-23H,3,8-9,14-16H2,1-2H3,(H,28,32)(H,29,33)(H,30,31)/t22-,23?,27?/m1/s1. The van der Waals surface area contributed by atoms with E-state index in [1.807, 2.05) is 31.2 Å². The Morgan fingerprint density at radius 3 is 2.29 bits per heavy atom. The number of carbonyl (C=O) groups excluding carboxylic acids is 2. The number of rotatable bonds is 8. The Morgan fingerprint density at radius 2 is 1.71 bits per heavy atom. The van der Waals surface area contributed by atoms with Gasteiger partial charge < -0.3 is 20.5 Å². The number of benzene rings is 2. The molecule has 2 aromatic carbocycles. The van der Waals surface area contributed by atoms with Crippen LogP contribution in [0.5, 0.6) is 0 Å². The van der Waals surface area contributed by atoms with Gasteiger partial charge in [-0.2, -0.15) is 0 Å². The number of amides is 2. The van der Waals surface area contributed by atoms with Gasteiger partial charge >= 0.3 is 12.1 Å². The number of hydrogen-bond acceptors (Lipinski definition) is 4. The molecule has 2 aliphatic rings. The molecule has 1 saturated carbocycles. The second kappa shape index (κ2) is 9.87. The van der Waals surface area contributed by atoms with E-state index in [2.05, 4.69) is 34.9 Å². The van der Waals surface area contributed by atoms with Gasteiger partial charge in [-0.1, -0.05) is 68.3 Å². The highest BCUT2D eigenvalue weighted by atomic mass is 16.5. The molecule has 0 spiro atoms. The molecule has 4 rings (SSSR count). The lowest BCUT2D eigenvalue weighted by Crippen LogP contribution is -2.54. The van der Waals surface area contributed by atoms with Crippen molar-refractivity contribution in [2.45, 2.75) is 64.0 Å². The summed E-state index contributed by atoms with van der Waals surface area (Å²) in [6.45, 7) is 3.86. The summed E-state index contributed by atoms with van der Waals surface area (Å²) in [6.07, 6.45) is 2.43. The van der Waals surface area contributed by atoms with E-state index in [0.717, 1.165) is 28.7 Å². The van der Waals surface area contributed by atoms with Crippen LogP contribution in [0.4, 0.5) is 4.79 Å². The summed E-state index contributed by atoms with van der Waals surface area (Å²) >= 11 is 0. The van der Waals surface area contributed by atoms with Crippen molar-refractivity contribution in [2.24, 2.45) is 5.41 Å². The smallest absolute Gasteiger partial charge is 0.407 e. The Morgan fingerprint density at radius 1 is 1.09 bits per heavy atom. The van der Waals surface area contributed by atoms with Crippen molar-refractivity contribution in [1.82, 2.24) is 10.6 Å². The van der Waals surface area contributed by atoms with Gasteiger partial charge in [0.15, 0.2) is 0 Å². The van der Waals surface area contributed by atoms with E-state index in [0.29, 0.717) is 25.7 Å². The number of carboxylic acid groups (broad SMARTS) is 1. The molecule has 180 valence electrons. The average molecular weight is 465 g/mol. The molecular weight excluding hydrogens is 432 g/mol. The van der Waals surface area contributed by atoms with Crippen molar-refractivity contribution in [1.29, 1.82) is 0 Å². The van der Waals surface area contributed by atoms with Crippen LogP contribution < -0.4 is 10.6 Å². The molecule has 7 nitrogen and oxygen atoms in total. The van der Waals surface area contributed by atoms with Crippen molar-refractivity contribution in [3.8, 4) is 11.1 Å². The Balaban J connectivity index is 1.40. The summed E-state index contributed by atoms with van der Waals surface area (Å²) in [5, 5.41) is 15.0. The molecule has 2 amide bonds. The van der Waals surface area contributed by atoms with Gasteiger partial charge in [0.25, 0.3) is 0 Å². The molecule has 34 heavy (non-hydrogen) atoms. The largest absolute Gasteiger partial charge is 0.480 e. The first-order valence-electron chi connectivity index (χ1n) is 12.0. The number of fused-ring (bicyclic) bond motifs is 3. The molecule has 7 heteroatoms. The molecule has 3 atom stereocenters. The van der Waals surface area contributed by atoms with E-state index in [-0.39, 0.29) is 18.4 Å². The van der Waals surface area contributed by atoms with Gasteiger partial charge in [-0.05, 0) is 48.4 Å². The van der Waals surface area contributed by atoms with Crippen molar-refractivity contribution in [2.75, 3.05) is 6.61 Å². The molecule has 2 aromatic rings. The van der Waals surface area contributed by atoms with Crippen LogP contribution in [0.25, 0.3) is 11.1 Å². The summed E-state index contributed by atoms with van der Waals surface area (Å²) in [6, 6.07) is 14.9. The van der Waals surface area contributed by atoms with Gasteiger partial charge in [0.05, 0.1) is 5.41 Å². The number of carboxylic acids is 1. The van der Waals surface area contributed by atoms with Gasteiger partial charge in [0, 0.05) is 12.0 Å². The lowest BCUT2D eigenvalue weighted by molar-refractivity contribution is -0.144. The highest BCUT2D eigenvalue weighted by molar-refractivity contribution is 5.88. The Labute approximate surface area is 199 Å². The van der Waals surface area contributed by atoms with Gasteiger partial charge in [-0.3, -0.25) is 4.79 Å². The summed E-state index contributed by atoms with van der Waals surface area (Å²) in [7, 11) is 0. The van der Waals surface area contributed by atoms with Crippen LogP contribution in [0.2, 0.25) is 0 Å². The number of aliphatic carboxylic acids is 1. The number of nitrogens with one attached hydrogen (secondary N) is 2. The third-order valence-corrected chi connectivity index (χ3v) is 7.29. The van der Waals surface area contributed by atoms with Gasteiger partial charge in [-0.25, -0.2) is 9.59 Å². The van der Waals surface area contributed by atoms with E-state index in [1.165, 1.54) is 0 Å². The molecule has 0 aromatic heterocycles. The minimum absolute atomic E-state index is 0.0400. The Hall–Kier alpha value is -3.35. The van der Waals surface area contributed by atoms with Crippen LogP contribution in [0, 0.1) is 5.41 Å². The van der Waals surface area contributed by atoms with Gasteiger partial charge in [0.1, 0.15) is 12.6 Å². The van der Waals surface area contributed by atoms with Gasteiger partial charge in [-0.15, -0.1) is 0 Å². The number of ether oxygens (including phenoxy) is 1. The second-order valence-corrected chi connectivity index (χ2v) is 9.49. The first kappa shape index (κ1) is 23.8. The van der Waals surface area contributed by atoms with Crippen LogP contribution in [0.1, 0.15) is 63.0 Å². The molecule has 0 saturated heterocycles. The van der Waals surface area contributed by atoms with Crippen molar-refractivity contribution in [3.05, 3.63) is 59.7 Å². The van der Waals surface area contributed by atoms with Crippen LogP contribution in [0.3, 0.4) is 0 Å². The van der Waals surface area contributed by atoms with Crippen molar-refractivity contribution < 1.29 is 24.2 Å². The summed E-state index contributed by atoms with van der Waals surface area (Å²) in [4.78, 5) is 37.3. The first-order chi connectivity index (χ1) is 16.3. The third kappa shape index (κ3) is 4.52. The van der Waals surface area contributed by atoms with E-state index < -0.39 is 29.6 Å². The SMILES string of the molecule is CCC[C@@H](NC(=O)C1(C)CCCC1NC(=O)OCC1c2ccccc2-c2ccccc21)C(=O)O. The highest BCUT2D eigenvalue weighted by Gasteiger charge is 2.47. The van der Waals surface area contributed by atoms with Crippen molar-refractivity contribution in [3.63, 3.8) is 0 Å². The Kier molecular flexibility index (Phi) is 6.91. The summed E-state index contributed by atoms with van der Waals surface area (Å²) < 4.78 is 5.66. The van der Waals surface area contributed by atoms with Crippen molar-refractivity contribution >= 4 is 18.0 Å². The average Bonchev–Trinajstić information content (AvgIpc) is 3.36. The zero-order valence-electron chi connectivity index (χ0n) is 19.7. The number of carbonyl (C=O) groups is 3. The minimum atomic E-state index is -1.04. The predicted molar refractivity (Wildman–Crippen MR) is 128 cm³/mol. The van der Waals surface area contributed by atoms with Crippen LogP contribution in [-0.2, 0) is 14.3 Å². The molecule has 3 N–H and O–H groups in total. The quantitative estimate of drug-likeness (QED) is 0.535. The fourth-order valence-electron chi connectivity index (χ4n) is 5.32.